The molecule has 1 aliphatic rings. The van der Waals surface area contributed by atoms with Crippen LogP contribution in [0.5, 0.6) is 0 Å². The second-order valence-corrected chi connectivity index (χ2v) is 4.96. The van der Waals surface area contributed by atoms with E-state index in [1.165, 1.54) is 11.8 Å². The van der Waals surface area contributed by atoms with Gasteiger partial charge in [-0.2, -0.15) is 0 Å². The van der Waals surface area contributed by atoms with E-state index in [-0.39, 0.29) is 24.7 Å². The Hall–Kier alpha value is -2.17. The fraction of sp³-hybridized carbons (Fsp3) is 0.400. The summed E-state index contributed by atoms with van der Waals surface area (Å²) >= 11 is 0. The molecule has 0 radical (unpaired) electrons. The highest BCUT2D eigenvalue weighted by Crippen LogP contribution is 2.40. The van der Waals surface area contributed by atoms with Gasteiger partial charge in [0.25, 0.3) is 0 Å². The van der Waals surface area contributed by atoms with Crippen LogP contribution in [0.4, 0.5) is 5.69 Å². The van der Waals surface area contributed by atoms with E-state index in [1.807, 2.05) is 0 Å². The molecule has 1 aliphatic heterocycles. The van der Waals surface area contributed by atoms with Gasteiger partial charge in [0.05, 0.1) is 18.7 Å². The van der Waals surface area contributed by atoms with Crippen LogP contribution in [-0.2, 0) is 14.3 Å². The van der Waals surface area contributed by atoms with Crippen molar-refractivity contribution in [1.82, 2.24) is 0 Å². The molecule has 1 unspecified atom stereocenters. The number of para-hydroxylation sites is 1. The number of hydrogen-bond acceptors (Lipinski definition) is 4. The Morgan fingerprint density at radius 1 is 1.30 bits per heavy atom. The van der Waals surface area contributed by atoms with E-state index in [4.69, 9.17) is 4.74 Å². The van der Waals surface area contributed by atoms with Gasteiger partial charge in [-0.3, -0.25) is 19.3 Å². The summed E-state index contributed by atoms with van der Waals surface area (Å²) in [6.45, 7) is 4.94. The molecule has 0 saturated carbocycles. The lowest BCUT2D eigenvalue weighted by Gasteiger charge is -2.32. The van der Waals surface area contributed by atoms with Gasteiger partial charge in [0, 0.05) is 12.5 Å². The Kier molecular flexibility index (Phi) is 3.61. The van der Waals surface area contributed by atoms with E-state index in [0.29, 0.717) is 11.3 Å². The van der Waals surface area contributed by atoms with Crippen molar-refractivity contribution in [1.29, 1.82) is 0 Å². The van der Waals surface area contributed by atoms with E-state index >= 15 is 0 Å². The van der Waals surface area contributed by atoms with Gasteiger partial charge in [0.2, 0.25) is 5.91 Å². The Balaban J connectivity index is 2.45. The molecule has 0 aliphatic carbocycles. The Morgan fingerprint density at radius 2 is 1.95 bits per heavy atom. The Morgan fingerprint density at radius 3 is 2.55 bits per heavy atom. The van der Waals surface area contributed by atoms with Crippen LogP contribution < -0.4 is 4.90 Å². The molecule has 5 nitrogen and oxygen atoms in total. The Bertz CT molecular complexity index is 581. The fourth-order valence-electron chi connectivity index (χ4n) is 2.69. The summed E-state index contributed by atoms with van der Waals surface area (Å²) in [4.78, 5) is 37.6. The molecule has 0 fully saturated rings. The number of amides is 1. The number of anilines is 1. The average molecular weight is 275 g/mol. The lowest BCUT2D eigenvalue weighted by molar-refractivity contribution is -0.144. The predicted molar refractivity (Wildman–Crippen MR) is 73.6 cm³/mol. The first-order valence-corrected chi connectivity index (χ1v) is 6.52. The molecule has 1 aromatic carbocycles. The first kappa shape index (κ1) is 14.2. The number of Topliss-reactive ketones (excluding diaryl/α,β-unsaturated/α-hetero) is 1. The van der Waals surface area contributed by atoms with Crippen LogP contribution in [0, 0.1) is 0 Å². The molecule has 1 amide bonds. The van der Waals surface area contributed by atoms with Crippen LogP contribution in [0.15, 0.2) is 24.3 Å². The molecule has 1 atom stereocenters. The summed E-state index contributed by atoms with van der Waals surface area (Å²) in [5, 5.41) is 0. The zero-order chi connectivity index (χ0) is 14.9. The number of carbonyl (C=O) groups excluding carboxylic acids is 3. The fourth-order valence-corrected chi connectivity index (χ4v) is 2.69. The normalized spacial score (nSPS) is 20.8. The lowest BCUT2D eigenvalue weighted by atomic mass is 9.91. The number of hydrogen-bond donors (Lipinski definition) is 0. The minimum Gasteiger partial charge on any atom is -0.466 e. The summed E-state index contributed by atoms with van der Waals surface area (Å²) in [6.07, 6.45) is -0.145. The van der Waals surface area contributed by atoms with Gasteiger partial charge in [0.1, 0.15) is 5.54 Å². The van der Waals surface area contributed by atoms with Gasteiger partial charge in [-0.1, -0.05) is 12.1 Å². The molecule has 1 aromatic rings. The van der Waals surface area contributed by atoms with Crippen LogP contribution in [0.1, 0.15) is 37.6 Å². The zero-order valence-electron chi connectivity index (χ0n) is 11.8. The van der Waals surface area contributed by atoms with Crippen molar-refractivity contribution in [3.05, 3.63) is 29.8 Å². The monoisotopic (exact) mass is 275 g/mol. The van der Waals surface area contributed by atoms with Crippen molar-refractivity contribution in [2.24, 2.45) is 0 Å². The summed E-state index contributed by atoms with van der Waals surface area (Å²) in [5.74, 6) is -0.978. The van der Waals surface area contributed by atoms with E-state index in [9.17, 15) is 14.4 Å². The van der Waals surface area contributed by atoms with Crippen molar-refractivity contribution >= 4 is 23.3 Å². The molecular weight excluding hydrogens is 258 g/mol. The van der Waals surface area contributed by atoms with Crippen LogP contribution in [0.2, 0.25) is 0 Å². The van der Waals surface area contributed by atoms with Crippen LogP contribution in [0.3, 0.4) is 0 Å². The zero-order valence-corrected chi connectivity index (χ0v) is 11.8. The predicted octanol–water partition coefficient (Wildman–Crippen LogP) is 1.95. The SMILES string of the molecule is CCOC(=O)CC1(C)C(=O)c2ccccc2N1C(C)=O. The van der Waals surface area contributed by atoms with Crippen LogP contribution in [0.25, 0.3) is 0 Å². The van der Waals surface area contributed by atoms with Crippen LogP contribution in [-0.4, -0.2) is 29.8 Å². The molecule has 0 N–H and O–H groups in total. The maximum atomic E-state index is 12.6. The number of benzene rings is 1. The highest BCUT2D eigenvalue weighted by Gasteiger charge is 2.50. The van der Waals surface area contributed by atoms with Crippen molar-refractivity contribution in [3.63, 3.8) is 0 Å². The molecule has 1 heterocycles. The summed E-state index contributed by atoms with van der Waals surface area (Å²) < 4.78 is 4.92. The van der Waals surface area contributed by atoms with Crippen molar-refractivity contribution in [3.8, 4) is 0 Å². The first-order chi connectivity index (χ1) is 9.41. The van der Waals surface area contributed by atoms with Gasteiger partial charge >= 0.3 is 5.97 Å². The standard InChI is InChI=1S/C15H17NO4/c1-4-20-13(18)9-15(3)14(19)11-7-5-6-8-12(11)16(15)10(2)17/h5-8H,4,9H2,1-3H3. The summed E-state index contributed by atoms with van der Waals surface area (Å²) in [7, 11) is 0. The maximum Gasteiger partial charge on any atom is 0.308 e. The number of ether oxygens (including phenoxy) is 1. The molecule has 106 valence electrons. The van der Waals surface area contributed by atoms with Gasteiger partial charge < -0.3 is 4.74 Å². The van der Waals surface area contributed by atoms with E-state index in [2.05, 4.69) is 0 Å². The highest BCUT2D eigenvalue weighted by molar-refractivity contribution is 6.20. The van der Waals surface area contributed by atoms with Crippen molar-refractivity contribution in [2.45, 2.75) is 32.7 Å². The number of carbonyl (C=O) groups is 3. The van der Waals surface area contributed by atoms with E-state index in [0.717, 1.165) is 0 Å². The van der Waals surface area contributed by atoms with Crippen molar-refractivity contribution < 1.29 is 19.1 Å². The second-order valence-electron chi connectivity index (χ2n) is 4.96. The largest absolute Gasteiger partial charge is 0.466 e. The highest BCUT2D eigenvalue weighted by atomic mass is 16.5. The molecule has 20 heavy (non-hydrogen) atoms. The molecule has 0 spiro atoms. The third-order valence-corrected chi connectivity index (χ3v) is 3.48. The third-order valence-electron chi connectivity index (χ3n) is 3.48. The minimum absolute atomic E-state index is 0.145. The molecule has 2 rings (SSSR count). The quantitative estimate of drug-likeness (QED) is 0.791. The van der Waals surface area contributed by atoms with Crippen molar-refractivity contribution in [2.75, 3.05) is 11.5 Å². The number of esters is 1. The van der Waals surface area contributed by atoms with Gasteiger partial charge in [-0.15, -0.1) is 0 Å². The maximum absolute atomic E-state index is 12.6. The van der Waals surface area contributed by atoms with Gasteiger partial charge in [-0.05, 0) is 26.0 Å². The summed E-state index contributed by atoms with van der Waals surface area (Å²) in [6, 6.07) is 6.89. The molecular formula is C15H17NO4. The lowest BCUT2D eigenvalue weighted by Crippen LogP contribution is -2.51. The first-order valence-electron chi connectivity index (χ1n) is 6.52. The second kappa shape index (κ2) is 5.07. The number of ketones is 1. The van der Waals surface area contributed by atoms with E-state index in [1.54, 1.807) is 38.1 Å². The molecule has 0 bridgehead atoms. The smallest absolute Gasteiger partial charge is 0.308 e. The van der Waals surface area contributed by atoms with Crippen LogP contribution >= 0.6 is 0 Å². The average Bonchev–Trinajstić information content (AvgIpc) is 2.59. The van der Waals surface area contributed by atoms with E-state index < -0.39 is 11.5 Å². The number of fused-ring (bicyclic) bond motifs is 1. The summed E-state index contributed by atoms with van der Waals surface area (Å²) in [5.41, 5.74) is -0.187. The minimum atomic E-state index is -1.21. The third kappa shape index (κ3) is 2.09. The number of nitrogens with zero attached hydrogens (tertiary/aromatic N) is 1. The molecule has 0 saturated heterocycles. The topological polar surface area (TPSA) is 63.7 Å². The Labute approximate surface area is 117 Å². The molecule has 5 heteroatoms. The van der Waals surface area contributed by atoms with Gasteiger partial charge in [0.15, 0.2) is 5.78 Å². The number of rotatable bonds is 3. The molecule has 0 aromatic heterocycles. The van der Waals surface area contributed by atoms with Gasteiger partial charge in [-0.25, -0.2) is 0 Å².